The van der Waals surface area contributed by atoms with Gasteiger partial charge in [-0.3, -0.25) is 0 Å². The molecule has 11 heteroatoms. The predicted molar refractivity (Wildman–Crippen MR) is 126 cm³/mol. The topological polar surface area (TPSA) is 93.1 Å². The first kappa shape index (κ1) is 26.1. The highest BCUT2D eigenvalue weighted by molar-refractivity contribution is 9.11. The molecule has 0 amide bonds. The third-order valence-corrected chi connectivity index (χ3v) is 7.41. The minimum Gasteiger partial charge on any atom is -0.506 e. The molecular weight excluding hydrogens is 602 g/mol. The minimum atomic E-state index is -1.96. The summed E-state index contributed by atoms with van der Waals surface area (Å²) in [6.45, 7) is 3.32. The molecule has 0 spiro atoms. The van der Waals surface area contributed by atoms with Gasteiger partial charge in [0.25, 0.3) is 0 Å². The maximum atomic E-state index is 12.2. The van der Waals surface area contributed by atoms with E-state index in [0.717, 1.165) is 0 Å². The number of hydrogen-bond donors (Lipinski definition) is 2. The Morgan fingerprint density at radius 2 is 1.19 bits per heavy atom. The van der Waals surface area contributed by atoms with Crippen molar-refractivity contribution in [1.82, 2.24) is 0 Å². The van der Waals surface area contributed by atoms with Crippen molar-refractivity contribution in [3.8, 4) is 11.5 Å². The average molecular weight is 620 g/mol. The summed E-state index contributed by atoms with van der Waals surface area (Å²) < 4.78 is 7.96. The van der Waals surface area contributed by atoms with Crippen molar-refractivity contribution in [2.75, 3.05) is 14.2 Å². The molecule has 0 aliphatic heterocycles. The van der Waals surface area contributed by atoms with E-state index >= 15 is 0 Å². The molecule has 0 aliphatic rings. The molecule has 0 aromatic heterocycles. The van der Waals surface area contributed by atoms with Gasteiger partial charge in [0.05, 0.1) is 29.1 Å². The van der Waals surface area contributed by atoms with Gasteiger partial charge < -0.3 is 19.7 Å². The second kappa shape index (κ2) is 9.75. The number of methoxy groups -OCH3 is 2. The quantitative estimate of drug-likeness (QED) is 0.308. The molecule has 0 aliphatic carbocycles. The summed E-state index contributed by atoms with van der Waals surface area (Å²) >= 11 is 25.7. The Morgan fingerprint density at radius 3 is 1.45 bits per heavy atom. The molecule has 0 fully saturated rings. The molecule has 0 heterocycles. The van der Waals surface area contributed by atoms with Gasteiger partial charge in [-0.15, -0.1) is 0 Å². The van der Waals surface area contributed by atoms with Crippen LogP contribution in [0.4, 0.5) is 0 Å². The van der Waals surface area contributed by atoms with Crippen LogP contribution in [0.2, 0.25) is 0 Å². The lowest BCUT2D eigenvalue weighted by Gasteiger charge is -2.30. The SMILES string of the molecule is COC(=O)c1cc(C(c2cc(C(=O)OC)c(O)c(Br)c2C)C(Cl)(Cl)Cl)c(C)c(Br)c1O. The first-order valence-corrected chi connectivity index (χ1v) is 11.3. The molecule has 0 saturated heterocycles. The lowest BCUT2D eigenvalue weighted by Crippen LogP contribution is -2.22. The van der Waals surface area contributed by atoms with Crippen LogP contribution in [-0.2, 0) is 9.47 Å². The van der Waals surface area contributed by atoms with E-state index in [0.29, 0.717) is 22.3 Å². The van der Waals surface area contributed by atoms with E-state index in [4.69, 9.17) is 44.3 Å². The standard InChI is InChI=1S/C20H17Br2Cl3O6/c1-7-9(5-11(18(28)30-3)16(26)14(7)21)13(20(23,24)25)10-6-12(19(29)31-4)17(27)15(22)8(10)2/h5-6,13,26-27H,1-4H3. The van der Waals surface area contributed by atoms with Gasteiger partial charge in [-0.05, 0) is 80.1 Å². The maximum absolute atomic E-state index is 12.2. The molecule has 0 radical (unpaired) electrons. The van der Waals surface area contributed by atoms with Crippen LogP contribution in [0.3, 0.4) is 0 Å². The van der Waals surface area contributed by atoms with Gasteiger partial charge in [-0.2, -0.15) is 0 Å². The summed E-state index contributed by atoms with van der Waals surface area (Å²) in [6.07, 6.45) is 0. The summed E-state index contributed by atoms with van der Waals surface area (Å²) in [5, 5.41) is 20.8. The maximum Gasteiger partial charge on any atom is 0.341 e. The van der Waals surface area contributed by atoms with E-state index in [2.05, 4.69) is 31.9 Å². The minimum absolute atomic E-state index is 0.141. The van der Waals surface area contributed by atoms with Crippen LogP contribution >= 0.6 is 66.7 Å². The third kappa shape index (κ3) is 4.93. The van der Waals surface area contributed by atoms with Crippen molar-refractivity contribution < 1.29 is 29.3 Å². The first-order valence-electron chi connectivity index (χ1n) is 8.55. The number of halogens is 5. The monoisotopic (exact) mass is 616 g/mol. The predicted octanol–water partition coefficient (Wildman–Crippen LogP) is 6.31. The van der Waals surface area contributed by atoms with Crippen LogP contribution < -0.4 is 0 Å². The van der Waals surface area contributed by atoms with Crippen LogP contribution in [0.1, 0.15) is 48.9 Å². The van der Waals surface area contributed by atoms with Crippen LogP contribution in [0.15, 0.2) is 21.1 Å². The summed E-state index contributed by atoms with van der Waals surface area (Å²) in [5.74, 6) is -3.24. The molecule has 31 heavy (non-hydrogen) atoms. The number of hydrogen-bond acceptors (Lipinski definition) is 6. The van der Waals surface area contributed by atoms with E-state index in [9.17, 15) is 19.8 Å². The molecule has 0 saturated carbocycles. The van der Waals surface area contributed by atoms with Gasteiger partial charge in [-0.1, -0.05) is 34.8 Å². The highest BCUT2D eigenvalue weighted by Crippen LogP contribution is 2.51. The number of carbonyl (C=O) groups excluding carboxylic acids is 2. The Bertz CT molecular complexity index is 989. The van der Waals surface area contributed by atoms with Crippen LogP contribution in [0.25, 0.3) is 0 Å². The highest BCUT2D eigenvalue weighted by Gasteiger charge is 2.40. The Labute approximate surface area is 210 Å². The fraction of sp³-hybridized carbons (Fsp3) is 0.300. The van der Waals surface area contributed by atoms with Gasteiger partial charge >= 0.3 is 11.9 Å². The molecule has 2 N–H and O–H groups in total. The van der Waals surface area contributed by atoms with Crippen molar-refractivity contribution in [3.05, 3.63) is 54.5 Å². The number of esters is 2. The van der Waals surface area contributed by atoms with Gasteiger partial charge in [0.1, 0.15) is 22.6 Å². The third-order valence-electron chi connectivity index (χ3n) is 4.81. The number of aromatic hydroxyl groups is 2. The zero-order valence-corrected chi connectivity index (χ0v) is 22.1. The van der Waals surface area contributed by atoms with Crippen molar-refractivity contribution in [1.29, 1.82) is 0 Å². The molecule has 6 nitrogen and oxygen atoms in total. The first-order chi connectivity index (χ1) is 14.3. The van der Waals surface area contributed by atoms with E-state index in [-0.39, 0.29) is 31.6 Å². The summed E-state index contributed by atoms with van der Waals surface area (Å²) in [4.78, 5) is 24.4. The highest BCUT2D eigenvalue weighted by atomic mass is 79.9. The molecule has 2 aromatic rings. The lowest BCUT2D eigenvalue weighted by atomic mass is 9.85. The number of phenolic OH excluding ortho intramolecular Hbond substituents is 2. The summed E-state index contributed by atoms with van der Waals surface area (Å²) in [5.41, 5.74) is 1.45. The molecule has 0 bridgehead atoms. The fourth-order valence-electron chi connectivity index (χ4n) is 3.16. The van der Waals surface area contributed by atoms with Crippen molar-refractivity contribution in [2.24, 2.45) is 0 Å². The van der Waals surface area contributed by atoms with Crippen LogP contribution in [-0.4, -0.2) is 40.2 Å². The Balaban J connectivity index is 2.96. The van der Waals surface area contributed by atoms with Crippen molar-refractivity contribution in [3.63, 3.8) is 0 Å². The fourth-order valence-corrected chi connectivity index (χ4v) is 4.75. The molecule has 0 atom stereocenters. The zero-order chi connectivity index (χ0) is 23.8. The normalized spacial score (nSPS) is 11.5. The van der Waals surface area contributed by atoms with Gasteiger partial charge in [0.15, 0.2) is 0 Å². The number of ether oxygens (including phenoxy) is 2. The second-order valence-electron chi connectivity index (χ2n) is 6.56. The largest absolute Gasteiger partial charge is 0.506 e. The van der Waals surface area contributed by atoms with E-state index in [1.807, 2.05) is 0 Å². The number of carbonyl (C=O) groups is 2. The van der Waals surface area contributed by atoms with E-state index in [1.165, 1.54) is 26.4 Å². The van der Waals surface area contributed by atoms with E-state index < -0.39 is 21.6 Å². The molecular formula is C20H17Br2Cl3O6. The Kier molecular flexibility index (Phi) is 8.20. The molecule has 2 aromatic carbocycles. The van der Waals surface area contributed by atoms with E-state index in [1.54, 1.807) is 13.8 Å². The van der Waals surface area contributed by atoms with Crippen molar-refractivity contribution >= 4 is 78.6 Å². The second-order valence-corrected chi connectivity index (χ2v) is 10.5. The lowest BCUT2D eigenvalue weighted by molar-refractivity contribution is 0.0588. The average Bonchev–Trinajstić information content (AvgIpc) is 2.71. The van der Waals surface area contributed by atoms with Gasteiger partial charge in [0.2, 0.25) is 3.79 Å². The molecule has 0 unspecified atom stereocenters. The zero-order valence-electron chi connectivity index (χ0n) is 16.6. The number of rotatable bonds is 4. The van der Waals surface area contributed by atoms with Gasteiger partial charge in [-0.25, -0.2) is 9.59 Å². The molecule has 168 valence electrons. The summed E-state index contributed by atoms with van der Waals surface area (Å²) in [6, 6.07) is 2.73. The smallest absolute Gasteiger partial charge is 0.341 e. The van der Waals surface area contributed by atoms with Crippen molar-refractivity contribution in [2.45, 2.75) is 23.6 Å². The summed E-state index contributed by atoms with van der Waals surface area (Å²) in [7, 11) is 2.34. The Hall–Kier alpha value is -1.19. The Morgan fingerprint density at radius 1 is 0.871 bits per heavy atom. The number of alkyl halides is 3. The molecule has 2 rings (SSSR count). The van der Waals surface area contributed by atoms with Gasteiger partial charge in [0, 0.05) is 0 Å². The number of benzene rings is 2. The van der Waals surface area contributed by atoms with Crippen LogP contribution in [0, 0.1) is 13.8 Å². The number of phenols is 2. The van der Waals surface area contributed by atoms with Crippen LogP contribution in [0.5, 0.6) is 11.5 Å².